The summed E-state index contributed by atoms with van der Waals surface area (Å²) in [6, 6.07) is 4.78. The predicted octanol–water partition coefficient (Wildman–Crippen LogP) is 2.40. The highest BCUT2D eigenvalue weighted by molar-refractivity contribution is 5.30. The van der Waals surface area contributed by atoms with Gasteiger partial charge in [-0.3, -0.25) is 0 Å². The van der Waals surface area contributed by atoms with Gasteiger partial charge in [0.2, 0.25) is 0 Å². The number of terminal acetylenes is 1. The van der Waals surface area contributed by atoms with Gasteiger partial charge in [0.1, 0.15) is 0 Å². The number of hydrogen-bond donors (Lipinski definition) is 0. The van der Waals surface area contributed by atoms with Crippen LogP contribution >= 0.6 is 0 Å². The molecule has 1 aromatic rings. The van der Waals surface area contributed by atoms with Crippen molar-refractivity contribution in [3.8, 4) is 18.1 Å². The first kappa shape index (κ1) is 9.60. The minimum Gasteiger partial charge on any atom is -0.494 e. The molecule has 0 heterocycles. The predicted molar refractivity (Wildman–Crippen MR) is 50.1 cm³/mol. The second-order valence-corrected chi connectivity index (χ2v) is 2.67. The topological polar surface area (TPSA) is 9.23 Å². The van der Waals surface area contributed by atoms with Gasteiger partial charge in [-0.2, -0.15) is 0 Å². The van der Waals surface area contributed by atoms with Gasteiger partial charge >= 0.3 is 0 Å². The van der Waals surface area contributed by atoms with Crippen LogP contribution in [0.3, 0.4) is 0 Å². The Bertz CT molecular complexity index is 325. The van der Waals surface area contributed by atoms with E-state index in [0.717, 1.165) is 12.0 Å². The molecular weight excluding hydrogens is 167 g/mol. The van der Waals surface area contributed by atoms with Crippen molar-refractivity contribution in [1.82, 2.24) is 0 Å². The lowest BCUT2D eigenvalue weighted by molar-refractivity contribution is 0.386. The molecule has 1 aromatic carbocycles. The van der Waals surface area contributed by atoms with Gasteiger partial charge in [-0.25, -0.2) is 4.39 Å². The standard InChI is InChI=1S/C11H11FO/c1-3-4-5-9-6-7-10(12)11(8-9)13-2/h1,6-8H,4-5H2,2H3. The maximum Gasteiger partial charge on any atom is 0.165 e. The minimum atomic E-state index is -0.341. The third-order valence-electron chi connectivity index (χ3n) is 1.77. The van der Waals surface area contributed by atoms with Crippen LogP contribution in [-0.2, 0) is 6.42 Å². The van der Waals surface area contributed by atoms with E-state index in [1.807, 2.05) is 0 Å². The lowest BCUT2D eigenvalue weighted by atomic mass is 10.1. The van der Waals surface area contributed by atoms with Crippen molar-refractivity contribution >= 4 is 0 Å². The Labute approximate surface area is 77.5 Å². The maximum atomic E-state index is 12.9. The highest BCUT2D eigenvalue weighted by Crippen LogP contribution is 2.18. The number of benzene rings is 1. The second kappa shape index (κ2) is 4.51. The first-order chi connectivity index (χ1) is 6.27. The molecule has 0 aliphatic carbocycles. The zero-order valence-corrected chi connectivity index (χ0v) is 7.51. The zero-order valence-electron chi connectivity index (χ0n) is 7.51. The van der Waals surface area contributed by atoms with Crippen molar-refractivity contribution in [1.29, 1.82) is 0 Å². The van der Waals surface area contributed by atoms with Gasteiger partial charge in [-0.1, -0.05) is 6.07 Å². The number of ether oxygens (including phenoxy) is 1. The molecule has 0 saturated heterocycles. The van der Waals surface area contributed by atoms with Crippen molar-refractivity contribution in [2.75, 3.05) is 7.11 Å². The maximum absolute atomic E-state index is 12.9. The Kier molecular flexibility index (Phi) is 3.33. The molecule has 0 N–H and O–H groups in total. The second-order valence-electron chi connectivity index (χ2n) is 2.67. The van der Waals surface area contributed by atoms with Gasteiger partial charge in [-0.15, -0.1) is 12.3 Å². The van der Waals surface area contributed by atoms with Gasteiger partial charge < -0.3 is 4.74 Å². The Morgan fingerprint density at radius 3 is 2.92 bits per heavy atom. The van der Waals surface area contributed by atoms with Crippen LogP contribution in [0, 0.1) is 18.2 Å². The summed E-state index contributed by atoms with van der Waals surface area (Å²) in [5.41, 5.74) is 0.996. The molecule has 0 bridgehead atoms. The Morgan fingerprint density at radius 2 is 2.31 bits per heavy atom. The summed E-state index contributed by atoms with van der Waals surface area (Å²) in [6.45, 7) is 0. The third-order valence-corrected chi connectivity index (χ3v) is 1.77. The fourth-order valence-electron chi connectivity index (χ4n) is 1.08. The number of aryl methyl sites for hydroxylation is 1. The van der Waals surface area contributed by atoms with E-state index < -0.39 is 0 Å². The summed E-state index contributed by atoms with van der Waals surface area (Å²) >= 11 is 0. The van der Waals surface area contributed by atoms with Gasteiger partial charge in [0.05, 0.1) is 7.11 Å². The molecule has 1 nitrogen and oxygen atoms in total. The van der Waals surface area contributed by atoms with Crippen LogP contribution in [0.1, 0.15) is 12.0 Å². The van der Waals surface area contributed by atoms with Crippen LogP contribution in [-0.4, -0.2) is 7.11 Å². The Hall–Kier alpha value is -1.49. The fourth-order valence-corrected chi connectivity index (χ4v) is 1.08. The smallest absolute Gasteiger partial charge is 0.165 e. The van der Waals surface area contributed by atoms with Gasteiger partial charge in [-0.05, 0) is 24.1 Å². The van der Waals surface area contributed by atoms with E-state index in [9.17, 15) is 4.39 Å². The number of hydrogen-bond acceptors (Lipinski definition) is 1. The Morgan fingerprint density at radius 1 is 1.54 bits per heavy atom. The quantitative estimate of drug-likeness (QED) is 0.646. The van der Waals surface area contributed by atoms with E-state index in [0.29, 0.717) is 6.42 Å². The largest absolute Gasteiger partial charge is 0.494 e. The summed E-state index contributed by atoms with van der Waals surface area (Å²) in [6.07, 6.45) is 6.54. The molecule has 0 aromatic heterocycles. The molecule has 0 aliphatic rings. The molecule has 0 unspecified atom stereocenters. The molecule has 0 aliphatic heterocycles. The number of rotatable bonds is 3. The molecule has 0 saturated carbocycles. The fraction of sp³-hybridized carbons (Fsp3) is 0.273. The third kappa shape index (κ3) is 2.48. The monoisotopic (exact) mass is 178 g/mol. The SMILES string of the molecule is C#CCCc1ccc(F)c(OC)c1. The number of methoxy groups -OCH3 is 1. The van der Waals surface area contributed by atoms with Crippen LogP contribution in [0.2, 0.25) is 0 Å². The molecule has 1 rings (SSSR count). The highest BCUT2D eigenvalue weighted by Gasteiger charge is 2.02. The van der Waals surface area contributed by atoms with Crippen molar-refractivity contribution in [3.05, 3.63) is 29.6 Å². The lowest BCUT2D eigenvalue weighted by Crippen LogP contribution is -1.91. The van der Waals surface area contributed by atoms with Crippen LogP contribution in [0.15, 0.2) is 18.2 Å². The minimum absolute atomic E-state index is 0.273. The van der Waals surface area contributed by atoms with E-state index >= 15 is 0 Å². The summed E-state index contributed by atoms with van der Waals surface area (Å²) in [5, 5.41) is 0. The molecule has 0 spiro atoms. The molecule has 0 atom stereocenters. The van der Waals surface area contributed by atoms with E-state index in [4.69, 9.17) is 11.2 Å². The van der Waals surface area contributed by atoms with E-state index in [-0.39, 0.29) is 11.6 Å². The first-order valence-electron chi connectivity index (χ1n) is 4.04. The normalized spacial score (nSPS) is 9.31. The summed E-state index contributed by atoms with van der Waals surface area (Å²) in [4.78, 5) is 0. The summed E-state index contributed by atoms with van der Waals surface area (Å²) in [7, 11) is 1.45. The van der Waals surface area contributed by atoms with E-state index in [1.54, 1.807) is 12.1 Å². The van der Waals surface area contributed by atoms with E-state index in [1.165, 1.54) is 13.2 Å². The average Bonchev–Trinajstić information content (AvgIpc) is 2.16. The van der Waals surface area contributed by atoms with Crippen LogP contribution in [0.25, 0.3) is 0 Å². The summed E-state index contributed by atoms with van der Waals surface area (Å²) < 4.78 is 17.8. The highest BCUT2D eigenvalue weighted by atomic mass is 19.1. The molecule has 13 heavy (non-hydrogen) atoms. The zero-order chi connectivity index (χ0) is 9.68. The van der Waals surface area contributed by atoms with E-state index in [2.05, 4.69) is 5.92 Å². The van der Waals surface area contributed by atoms with Gasteiger partial charge in [0.15, 0.2) is 11.6 Å². The Balaban J connectivity index is 2.81. The molecule has 68 valence electrons. The lowest BCUT2D eigenvalue weighted by Gasteiger charge is -2.03. The van der Waals surface area contributed by atoms with Gasteiger partial charge in [0, 0.05) is 6.42 Å². The summed E-state index contributed by atoms with van der Waals surface area (Å²) in [5.74, 6) is 2.47. The first-order valence-corrected chi connectivity index (χ1v) is 4.04. The average molecular weight is 178 g/mol. The molecule has 0 radical (unpaired) electrons. The van der Waals surface area contributed by atoms with Crippen molar-refractivity contribution in [2.45, 2.75) is 12.8 Å². The van der Waals surface area contributed by atoms with Crippen LogP contribution in [0.5, 0.6) is 5.75 Å². The number of halogens is 1. The van der Waals surface area contributed by atoms with Crippen LogP contribution in [0.4, 0.5) is 4.39 Å². The van der Waals surface area contributed by atoms with Crippen molar-refractivity contribution < 1.29 is 9.13 Å². The van der Waals surface area contributed by atoms with Gasteiger partial charge in [0.25, 0.3) is 0 Å². The molecule has 0 amide bonds. The molecular formula is C11H11FO. The van der Waals surface area contributed by atoms with Crippen molar-refractivity contribution in [3.63, 3.8) is 0 Å². The molecule has 0 fully saturated rings. The van der Waals surface area contributed by atoms with Crippen molar-refractivity contribution in [2.24, 2.45) is 0 Å². The molecule has 2 heteroatoms. The van der Waals surface area contributed by atoms with Crippen LogP contribution < -0.4 is 4.74 Å².